The number of ether oxygens (including phenoxy) is 2. The zero-order valence-corrected chi connectivity index (χ0v) is 20.6. The number of anilines is 1. The molecule has 1 N–H and O–H groups in total. The number of hydrogen-bond donors (Lipinski definition) is 1. The first-order chi connectivity index (χ1) is 17.3. The zero-order valence-electron chi connectivity index (χ0n) is 20.6. The minimum absolute atomic E-state index is 0.163. The molecule has 36 heavy (non-hydrogen) atoms. The van der Waals surface area contributed by atoms with Crippen molar-refractivity contribution >= 4 is 29.2 Å². The van der Waals surface area contributed by atoms with Crippen LogP contribution in [0.4, 0.5) is 5.69 Å². The van der Waals surface area contributed by atoms with E-state index in [4.69, 9.17) is 13.9 Å². The largest absolute Gasteiger partial charge is 0.497 e. The molecule has 1 heterocycles. The lowest BCUT2D eigenvalue weighted by Crippen LogP contribution is -2.28. The van der Waals surface area contributed by atoms with Gasteiger partial charge < -0.3 is 18.8 Å². The topological polar surface area (TPSA) is 110 Å². The van der Waals surface area contributed by atoms with Gasteiger partial charge in [-0.25, -0.2) is 10.2 Å². The number of nitrogens with zero attached hydrogens (tertiary/aromatic N) is 2. The molecule has 0 aliphatic heterocycles. The molecule has 0 atom stereocenters. The standard InChI is InChI=1S/C27H27N3O6/c1-16-23-20(28-29-25(31)17-9-7-10-18(15-17)34-3)12-8-14-22(23)36-24(16)26(32)30(2)21-13-6-5-11-19(21)27(33)35-4/h5-7,9-11,13,15H,8,12,14H2,1-4H3,(H,29,31)/b28-20+. The van der Waals surface area contributed by atoms with Crippen LogP contribution in [0.3, 0.4) is 0 Å². The Balaban J connectivity index is 1.61. The Hall–Kier alpha value is -4.40. The summed E-state index contributed by atoms with van der Waals surface area (Å²) in [5.41, 5.74) is 5.70. The number of carbonyl (C=O) groups excluding carboxylic acids is 3. The van der Waals surface area contributed by atoms with Crippen molar-refractivity contribution in [2.45, 2.75) is 26.2 Å². The van der Waals surface area contributed by atoms with Crippen LogP contribution in [0.15, 0.2) is 58.0 Å². The van der Waals surface area contributed by atoms with E-state index in [9.17, 15) is 14.4 Å². The van der Waals surface area contributed by atoms with Crippen LogP contribution in [0.2, 0.25) is 0 Å². The number of nitrogens with one attached hydrogen (secondary N) is 1. The average Bonchev–Trinajstić information content (AvgIpc) is 3.27. The minimum Gasteiger partial charge on any atom is -0.497 e. The summed E-state index contributed by atoms with van der Waals surface area (Å²) in [4.78, 5) is 39.6. The Morgan fingerprint density at radius 1 is 1.06 bits per heavy atom. The molecule has 1 aliphatic rings. The van der Waals surface area contributed by atoms with Gasteiger partial charge in [0.05, 0.1) is 31.2 Å². The second kappa shape index (κ2) is 10.5. The SMILES string of the molecule is COC(=O)c1ccccc1N(C)C(=O)c1oc2c(c1C)/C(=N/NC(=O)c1cccc(OC)c1)CCC2. The van der Waals surface area contributed by atoms with E-state index in [1.54, 1.807) is 62.5 Å². The number of fused-ring (bicyclic) bond motifs is 1. The first kappa shape index (κ1) is 24.7. The summed E-state index contributed by atoms with van der Waals surface area (Å²) in [7, 11) is 4.40. The van der Waals surface area contributed by atoms with Crippen LogP contribution in [-0.2, 0) is 11.2 Å². The lowest BCUT2D eigenvalue weighted by atomic mass is 9.93. The van der Waals surface area contributed by atoms with E-state index in [1.807, 2.05) is 0 Å². The van der Waals surface area contributed by atoms with E-state index >= 15 is 0 Å². The van der Waals surface area contributed by atoms with E-state index in [0.717, 1.165) is 12.0 Å². The highest BCUT2D eigenvalue weighted by atomic mass is 16.5. The molecule has 2 amide bonds. The number of rotatable bonds is 6. The van der Waals surface area contributed by atoms with Crippen molar-refractivity contribution in [3.8, 4) is 5.75 Å². The van der Waals surface area contributed by atoms with Crippen LogP contribution in [0.25, 0.3) is 0 Å². The van der Waals surface area contributed by atoms with Crippen molar-refractivity contribution in [1.82, 2.24) is 5.43 Å². The molecule has 1 aliphatic carbocycles. The number of hydrogen-bond acceptors (Lipinski definition) is 7. The van der Waals surface area contributed by atoms with Gasteiger partial charge in [-0.15, -0.1) is 0 Å². The summed E-state index contributed by atoms with van der Waals surface area (Å²) in [6.45, 7) is 1.79. The van der Waals surface area contributed by atoms with Gasteiger partial charge in [0.25, 0.3) is 11.8 Å². The molecule has 9 nitrogen and oxygen atoms in total. The highest BCUT2D eigenvalue weighted by Gasteiger charge is 2.30. The van der Waals surface area contributed by atoms with Crippen molar-refractivity contribution < 1.29 is 28.3 Å². The second-order valence-corrected chi connectivity index (χ2v) is 8.31. The number of benzene rings is 2. The molecular weight excluding hydrogens is 462 g/mol. The molecule has 9 heteroatoms. The van der Waals surface area contributed by atoms with Gasteiger partial charge in [-0.3, -0.25) is 9.59 Å². The predicted molar refractivity (Wildman–Crippen MR) is 134 cm³/mol. The quantitative estimate of drug-likeness (QED) is 0.412. The first-order valence-electron chi connectivity index (χ1n) is 11.4. The maximum Gasteiger partial charge on any atom is 0.339 e. The maximum absolute atomic E-state index is 13.4. The highest BCUT2D eigenvalue weighted by Crippen LogP contribution is 2.32. The zero-order chi connectivity index (χ0) is 25.8. The molecule has 3 aromatic rings. The molecule has 0 bridgehead atoms. The van der Waals surface area contributed by atoms with Crippen LogP contribution in [-0.4, -0.2) is 44.8 Å². The lowest BCUT2D eigenvalue weighted by molar-refractivity contribution is 0.0601. The number of carbonyl (C=O) groups is 3. The molecule has 0 saturated heterocycles. The normalized spacial score (nSPS) is 13.6. The molecule has 2 aromatic carbocycles. The lowest BCUT2D eigenvalue weighted by Gasteiger charge is -2.19. The summed E-state index contributed by atoms with van der Waals surface area (Å²) in [6, 6.07) is 13.5. The number of aryl methyl sites for hydroxylation is 1. The fourth-order valence-electron chi connectivity index (χ4n) is 4.24. The van der Waals surface area contributed by atoms with Crippen LogP contribution in [0.1, 0.15) is 61.0 Å². The summed E-state index contributed by atoms with van der Waals surface area (Å²) in [5.74, 6) is 0.0639. The molecule has 1 aromatic heterocycles. The Morgan fingerprint density at radius 3 is 2.58 bits per heavy atom. The molecular formula is C27H27N3O6. The van der Waals surface area contributed by atoms with E-state index < -0.39 is 11.9 Å². The van der Waals surface area contributed by atoms with Crippen LogP contribution in [0, 0.1) is 6.92 Å². The van der Waals surface area contributed by atoms with Gasteiger partial charge >= 0.3 is 5.97 Å². The van der Waals surface area contributed by atoms with Gasteiger partial charge in [0.1, 0.15) is 11.5 Å². The third kappa shape index (κ3) is 4.72. The van der Waals surface area contributed by atoms with Crippen molar-refractivity contribution in [3.05, 3.63) is 82.3 Å². The Labute approximate surface area is 208 Å². The fourth-order valence-corrected chi connectivity index (χ4v) is 4.24. The molecule has 4 rings (SSSR count). The monoisotopic (exact) mass is 489 g/mol. The number of methoxy groups -OCH3 is 2. The number of esters is 1. The summed E-state index contributed by atoms with van der Waals surface area (Å²) >= 11 is 0. The summed E-state index contributed by atoms with van der Waals surface area (Å²) < 4.78 is 16.0. The van der Waals surface area contributed by atoms with Gasteiger partial charge in [-0.1, -0.05) is 18.2 Å². The first-order valence-corrected chi connectivity index (χ1v) is 11.4. The third-order valence-electron chi connectivity index (χ3n) is 6.12. The van der Waals surface area contributed by atoms with Crippen molar-refractivity contribution in [1.29, 1.82) is 0 Å². The van der Waals surface area contributed by atoms with Crippen molar-refractivity contribution in [2.24, 2.45) is 5.10 Å². The van der Waals surface area contributed by atoms with Crippen LogP contribution < -0.4 is 15.1 Å². The maximum atomic E-state index is 13.4. The third-order valence-corrected chi connectivity index (χ3v) is 6.12. The van der Waals surface area contributed by atoms with E-state index in [0.29, 0.717) is 46.9 Å². The van der Waals surface area contributed by atoms with Crippen LogP contribution in [0.5, 0.6) is 5.75 Å². The summed E-state index contributed by atoms with van der Waals surface area (Å²) in [6.07, 6.45) is 2.04. The Kier molecular flexibility index (Phi) is 7.19. The van der Waals surface area contributed by atoms with Crippen molar-refractivity contribution in [2.75, 3.05) is 26.2 Å². The number of amides is 2. The smallest absolute Gasteiger partial charge is 0.339 e. The predicted octanol–water partition coefficient (Wildman–Crippen LogP) is 4.13. The fraction of sp³-hybridized carbons (Fsp3) is 0.259. The molecule has 0 unspecified atom stereocenters. The molecule has 0 saturated carbocycles. The summed E-state index contributed by atoms with van der Waals surface area (Å²) in [5, 5.41) is 4.37. The number of hydrazone groups is 1. The van der Waals surface area contributed by atoms with Gasteiger partial charge in [0.15, 0.2) is 5.76 Å². The second-order valence-electron chi connectivity index (χ2n) is 8.31. The van der Waals surface area contributed by atoms with Crippen LogP contribution >= 0.6 is 0 Å². The number of para-hydroxylation sites is 1. The van der Waals surface area contributed by atoms with Gasteiger partial charge in [0.2, 0.25) is 0 Å². The Bertz CT molecular complexity index is 1360. The molecule has 186 valence electrons. The number of furan rings is 1. The van der Waals surface area contributed by atoms with E-state index in [2.05, 4.69) is 10.5 Å². The van der Waals surface area contributed by atoms with E-state index in [-0.39, 0.29) is 17.2 Å². The molecule has 0 radical (unpaired) electrons. The highest BCUT2D eigenvalue weighted by molar-refractivity contribution is 6.12. The van der Waals surface area contributed by atoms with Gasteiger partial charge in [-0.2, -0.15) is 5.10 Å². The van der Waals surface area contributed by atoms with Gasteiger partial charge in [0, 0.05) is 30.2 Å². The minimum atomic E-state index is -0.540. The average molecular weight is 490 g/mol. The van der Waals surface area contributed by atoms with Crippen molar-refractivity contribution in [3.63, 3.8) is 0 Å². The van der Waals surface area contributed by atoms with Gasteiger partial charge in [-0.05, 0) is 50.1 Å². The van der Waals surface area contributed by atoms with E-state index in [1.165, 1.54) is 19.1 Å². The molecule has 0 fully saturated rings. The Morgan fingerprint density at radius 2 is 1.83 bits per heavy atom. The molecule has 0 spiro atoms.